The molecular formula is C15H26N4O2+2. The van der Waals surface area contributed by atoms with Crippen LogP contribution in [-0.2, 0) is 7.05 Å². The normalized spacial score (nSPS) is 11.8. The molecule has 0 spiro atoms. The molecule has 1 amide bonds. The van der Waals surface area contributed by atoms with Crippen molar-refractivity contribution in [1.82, 2.24) is 5.32 Å². The van der Waals surface area contributed by atoms with Gasteiger partial charge in [0.2, 0.25) is 5.69 Å². The van der Waals surface area contributed by atoms with E-state index in [2.05, 4.69) is 31.6 Å². The first-order chi connectivity index (χ1) is 9.83. The van der Waals surface area contributed by atoms with Crippen LogP contribution in [0.2, 0.25) is 0 Å². The number of oxime groups is 1. The number of nitrogens with zero attached hydrogens (tertiary/aromatic N) is 3. The van der Waals surface area contributed by atoms with E-state index >= 15 is 0 Å². The Balaban J connectivity index is 2.44. The zero-order valence-corrected chi connectivity index (χ0v) is 13.3. The number of rotatable bonds is 7. The molecule has 0 aliphatic heterocycles. The van der Waals surface area contributed by atoms with E-state index in [1.807, 2.05) is 0 Å². The second-order valence-electron chi connectivity index (χ2n) is 6.18. The molecule has 1 aromatic heterocycles. The molecule has 0 aliphatic carbocycles. The Morgan fingerprint density at radius 1 is 1.38 bits per heavy atom. The summed E-state index contributed by atoms with van der Waals surface area (Å²) in [6.07, 6.45) is 5.11. The van der Waals surface area contributed by atoms with Gasteiger partial charge in [0.25, 0.3) is 5.91 Å². The van der Waals surface area contributed by atoms with Gasteiger partial charge in [-0.1, -0.05) is 5.16 Å². The lowest BCUT2D eigenvalue weighted by Crippen LogP contribution is -2.36. The molecule has 2 N–H and O–H groups in total. The van der Waals surface area contributed by atoms with Gasteiger partial charge >= 0.3 is 0 Å². The fourth-order valence-corrected chi connectivity index (χ4v) is 1.96. The van der Waals surface area contributed by atoms with E-state index in [1.165, 1.54) is 6.21 Å². The van der Waals surface area contributed by atoms with Crippen molar-refractivity contribution in [3.05, 3.63) is 29.6 Å². The largest absolute Gasteiger partial charge is 0.411 e. The molecule has 0 saturated carbocycles. The maximum absolute atomic E-state index is 12.0. The summed E-state index contributed by atoms with van der Waals surface area (Å²) in [5.74, 6) is -0.0802. The van der Waals surface area contributed by atoms with Crippen LogP contribution in [0.25, 0.3) is 0 Å². The van der Waals surface area contributed by atoms with E-state index in [9.17, 15) is 4.79 Å². The van der Waals surface area contributed by atoms with Crippen LogP contribution in [0.4, 0.5) is 0 Å². The highest BCUT2D eigenvalue weighted by atomic mass is 16.4. The number of carbonyl (C=O) groups excluding carboxylic acids is 1. The van der Waals surface area contributed by atoms with Gasteiger partial charge in [0.05, 0.1) is 27.7 Å². The summed E-state index contributed by atoms with van der Waals surface area (Å²) in [6.45, 7) is 1.78. The molecule has 0 aromatic carbocycles. The lowest BCUT2D eigenvalue weighted by atomic mass is 10.2. The third-order valence-corrected chi connectivity index (χ3v) is 3.17. The van der Waals surface area contributed by atoms with Crippen LogP contribution in [0.5, 0.6) is 0 Å². The minimum Gasteiger partial charge on any atom is -0.411 e. The van der Waals surface area contributed by atoms with Crippen LogP contribution in [0.1, 0.15) is 28.9 Å². The van der Waals surface area contributed by atoms with Crippen LogP contribution in [-0.4, -0.2) is 56.0 Å². The molecule has 6 nitrogen and oxygen atoms in total. The van der Waals surface area contributed by atoms with Crippen LogP contribution in [0.15, 0.2) is 23.5 Å². The van der Waals surface area contributed by atoms with Crippen LogP contribution in [0.3, 0.4) is 0 Å². The average Bonchev–Trinajstić information content (AvgIpc) is 2.39. The van der Waals surface area contributed by atoms with Crippen molar-refractivity contribution in [2.45, 2.75) is 12.8 Å². The standard InChI is InChI=1S/C15H24N4O2/c1-18-12-13(7-8-14(18)11-17-21)15(20)16-9-5-6-10-19(2,3)4/h7-8,11-12H,5-6,9-10H2,1-4H3/p+2. The number of pyridine rings is 1. The number of aromatic nitrogens is 1. The van der Waals surface area contributed by atoms with E-state index in [-0.39, 0.29) is 5.91 Å². The zero-order chi connectivity index (χ0) is 15.9. The van der Waals surface area contributed by atoms with Gasteiger partial charge in [-0.2, -0.15) is 4.57 Å². The van der Waals surface area contributed by atoms with Crippen molar-refractivity contribution < 1.29 is 19.1 Å². The van der Waals surface area contributed by atoms with Gasteiger partial charge in [-0.05, 0) is 18.9 Å². The fraction of sp³-hybridized carbons (Fsp3) is 0.533. The molecule has 0 fully saturated rings. The Labute approximate surface area is 126 Å². The quantitative estimate of drug-likeness (QED) is 0.192. The summed E-state index contributed by atoms with van der Waals surface area (Å²) in [5, 5.41) is 14.4. The van der Waals surface area contributed by atoms with Crippen molar-refractivity contribution in [2.75, 3.05) is 34.2 Å². The Morgan fingerprint density at radius 2 is 2.10 bits per heavy atom. The number of hydrogen-bond acceptors (Lipinski definition) is 3. The maximum Gasteiger partial charge on any atom is 0.257 e. The molecule has 21 heavy (non-hydrogen) atoms. The first-order valence-electron chi connectivity index (χ1n) is 7.09. The summed E-state index contributed by atoms with van der Waals surface area (Å²) in [7, 11) is 8.29. The van der Waals surface area contributed by atoms with E-state index in [4.69, 9.17) is 5.21 Å². The van der Waals surface area contributed by atoms with Gasteiger partial charge in [0, 0.05) is 12.6 Å². The number of carbonyl (C=O) groups is 1. The summed E-state index contributed by atoms with van der Waals surface area (Å²) >= 11 is 0. The molecule has 1 aromatic rings. The Kier molecular flexibility index (Phi) is 6.30. The van der Waals surface area contributed by atoms with E-state index in [1.54, 1.807) is 29.9 Å². The zero-order valence-electron chi connectivity index (χ0n) is 13.3. The second-order valence-corrected chi connectivity index (χ2v) is 6.18. The van der Waals surface area contributed by atoms with Crippen molar-refractivity contribution in [1.29, 1.82) is 0 Å². The molecule has 0 radical (unpaired) electrons. The SMILES string of the molecule is C[n+]1cc(C(=O)NCCCC[N+](C)(C)C)ccc1/C=N/O. The van der Waals surface area contributed by atoms with Crippen molar-refractivity contribution in [2.24, 2.45) is 12.2 Å². The summed E-state index contributed by atoms with van der Waals surface area (Å²) in [6, 6.07) is 3.46. The number of amides is 1. The molecule has 0 atom stereocenters. The van der Waals surface area contributed by atoms with Gasteiger partial charge in [-0.3, -0.25) is 4.79 Å². The van der Waals surface area contributed by atoms with Crippen LogP contribution >= 0.6 is 0 Å². The molecule has 1 rings (SSSR count). The average molecular weight is 294 g/mol. The third-order valence-electron chi connectivity index (χ3n) is 3.17. The number of quaternary nitrogens is 1. The second kappa shape index (κ2) is 7.73. The molecule has 1 heterocycles. The third kappa shape index (κ3) is 6.35. The first-order valence-corrected chi connectivity index (χ1v) is 7.09. The number of hydrogen-bond donors (Lipinski definition) is 2. The van der Waals surface area contributed by atoms with E-state index in [0.717, 1.165) is 29.6 Å². The number of nitrogens with one attached hydrogen (secondary N) is 1. The monoisotopic (exact) mass is 294 g/mol. The molecule has 0 aliphatic rings. The predicted octanol–water partition coefficient (Wildman–Crippen LogP) is 0.535. The maximum atomic E-state index is 12.0. The molecule has 0 bridgehead atoms. The fourth-order valence-electron chi connectivity index (χ4n) is 1.96. The van der Waals surface area contributed by atoms with Crippen LogP contribution < -0.4 is 9.88 Å². The first kappa shape index (κ1) is 17.1. The van der Waals surface area contributed by atoms with Crippen LogP contribution in [0, 0.1) is 0 Å². The van der Waals surface area contributed by atoms with Crippen molar-refractivity contribution >= 4 is 12.1 Å². The lowest BCUT2D eigenvalue weighted by Gasteiger charge is -2.23. The highest BCUT2D eigenvalue weighted by Gasteiger charge is 2.12. The minimum absolute atomic E-state index is 0.0802. The van der Waals surface area contributed by atoms with Gasteiger partial charge < -0.3 is 15.0 Å². The highest BCUT2D eigenvalue weighted by Crippen LogP contribution is 1.99. The van der Waals surface area contributed by atoms with Gasteiger partial charge in [-0.15, -0.1) is 0 Å². The Hall–Kier alpha value is -1.95. The van der Waals surface area contributed by atoms with Gasteiger partial charge in [-0.25, -0.2) is 0 Å². The number of unbranched alkanes of at least 4 members (excludes halogenated alkanes) is 1. The molecule has 0 unspecified atom stereocenters. The molecule has 0 saturated heterocycles. The Bertz CT molecular complexity index is 507. The summed E-state index contributed by atoms with van der Waals surface area (Å²) < 4.78 is 2.68. The van der Waals surface area contributed by atoms with Gasteiger partial charge in [0.15, 0.2) is 6.20 Å². The lowest BCUT2D eigenvalue weighted by molar-refractivity contribution is -0.870. The van der Waals surface area contributed by atoms with Gasteiger partial charge in [0.1, 0.15) is 18.8 Å². The highest BCUT2D eigenvalue weighted by molar-refractivity contribution is 5.93. The molecular weight excluding hydrogens is 268 g/mol. The minimum atomic E-state index is -0.0802. The molecule has 6 heteroatoms. The van der Waals surface area contributed by atoms with E-state index < -0.39 is 0 Å². The molecule has 116 valence electrons. The summed E-state index contributed by atoms with van der Waals surface area (Å²) in [4.78, 5) is 12.0. The topological polar surface area (TPSA) is 65.6 Å². The van der Waals surface area contributed by atoms with Crippen molar-refractivity contribution in [3.8, 4) is 0 Å². The predicted molar refractivity (Wildman–Crippen MR) is 81.5 cm³/mol. The summed E-state index contributed by atoms with van der Waals surface area (Å²) in [5.41, 5.74) is 1.32. The number of aryl methyl sites for hydroxylation is 1. The smallest absolute Gasteiger partial charge is 0.257 e. The van der Waals surface area contributed by atoms with E-state index in [0.29, 0.717) is 12.1 Å². The Morgan fingerprint density at radius 3 is 2.67 bits per heavy atom. The van der Waals surface area contributed by atoms with Crippen molar-refractivity contribution in [3.63, 3.8) is 0 Å².